The molecule has 0 atom stereocenters. The summed E-state index contributed by atoms with van der Waals surface area (Å²) >= 11 is 1.70. The molecule has 0 unspecified atom stereocenters. The number of amides is 1. The predicted octanol–water partition coefficient (Wildman–Crippen LogP) is 3.42. The highest BCUT2D eigenvalue weighted by Crippen LogP contribution is 2.17. The number of hydrogen-bond donors (Lipinski definition) is 0. The van der Waals surface area contributed by atoms with Crippen LogP contribution >= 0.6 is 11.8 Å². The Bertz CT molecular complexity index is 592. The lowest BCUT2D eigenvalue weighted by atomic mass is 10.2. The van der Waals surface area contributed by atoms with Crippen LogP contribution in [0.1, 0.15) is 21.9 Å². The van der Waals surface area contributed by atoms with Crippen molar-refractivity contribution in [3.05, 3.63) is 53.5 Å². The number of ether oxygens (including phenoxy) is 1. The van der Waals surface area contributed by atoms with Crippen LogP contribution in [0.5, 0.6) is 0 Å². The summed E-state index contributed by atoms with van der Waals surface area (Å²) in [4.78, 5) is 15.1. The summed E-state index contributed by atoms with van der Waals surface area (Å²) in [6.45, 7) is 0.918. The van der Waals surface area contributed by atoms with E-state index in [0.29, 0.717) is 24.7 Å². The van der Waals surface area contributed by atoms with Crippen LogP contribution < -0.4 is 0 Å². The van der Waals surface area contributed by atoms with Crippen LogP contribution in [0.25, 0.3) is 0 Å². The van der Waals surface area contributed by atoms with Gasteiger partial charge in [-0.15, -0.1) is 11.8 Å². The quantitative estimate of drug-likeness (QED) is 0.767. The summed E-state index contributed by atoms with van der Waals surface area (Å²) in [6.07, 6.45) is 2.04. The average Bonchev–Trinajstić information content (AvgIpc) is 2.96. The van der Waals surface area contributed by atoms with E-state index in [1.807, 2.05) is 18.4 Å². The number of thioether (sulfide) groups is 1. The molecule has 2 aromatic rings. The first-order valence-electron chi connectivity index (χ1n) is 6.60. The average molecular weight is 305 g/mol. The van der Waals surface area contributed by atoms with E-state index < -0.39 is 0 Å². The molecular formula is C16H19NO3S. The minimum Gasteiger partial charge on any atom is -0.453 e. The van der Waals surface area contributed by atoms with Gasteiger partial charge in [-0.05, 0) is 36.1 Å². The number of carbonyl (C=O) groups is 1. The fraction of sp³-hybridized carbons (Fsp3) is 0.312. The summed E-state index contributed by atoms with van der Waals surface area (Å²) < 4.78 is 10.4. The number of furan rings is 1. The smallest absolute Gasteiger partial charge is 0.289 e. The predicted molar refractivity (Wildman–Crippen MR) is 83.4 cm³/mol. The van der Waals surface area contributed by atoms with Gasteiger partial charge < -0.3 is 14.1 Å². The Morgan fingerprint density at radius 1 is 1.24 bits per heavy atom. The van der Waals surface area contributed by atoms with Gasteiger partial charge in [0.15, 0.2) is 5.76 Å². The van der Waals surface area contributed by atoms with Crippen molar-refractivity contribution >= 4 is 17.7 Å². The Kier molecular flexibility index (Phi) is 5.47. The largest absolute Gasteiger partial charge is 0.453 e. The maximum Gasteiger partial charge on any atom is 0.289 e. The molecule has 0 radical (unpaired) electrons. The van der Waals surface area contributed by atoms with E-state index in [0.717, 1.165) is 5.56 Å². The third kappa shape index (κ3) is 4.12. The molecule has 0 spiro atoms. The van der Waals surface area contributed by atoms with Crippen molar-refractivity contribution < 1.29 is 13.9 Å². The number of carbonyl (C=O) groups excluding carboxylic acids is 1. The topological polar surface area (TPSA) is 42.7 Å². The standard InChI is InChI=1S/C16H19NO3S/c1-17(10-12-4-7-14(21-3)8-5-12)16(18)15-9-6-13(20-15)11-19-2/h4-9H,10-11H2,1-3H3. The van der Waals surface area contributed by atoms with E-state index >= 15 is 0 Å². The lowest BCUT2D eigenvalue weighted by Crippen LogP contribution is -2.25. The minimum absolute atomic E-state index is 0.133. The summed E-state index contributed by atoms with van der Waals surface area (Å²) in [5, 5.41) is 0. The fourth-order valence-electron chi connectivity index (χ4n) is 1.98. The molecule has 0 N–H and O–H groups in total. The molecule has 0 fully saturated rings. The van der Waals surface area contributed by atoms with Gasteiger partial charge in [0, 0.05) is 25.6 Å². The molecule has 1 amide bonds. The first-order valence-corrected chi connectivity index (χ1v) is 7.82. The van der Waals surface area contributed by atoms with Gasteiger partial charge in [-0.1, -0.05) is 12.1 Å². The van der Waals surface area contributed by atoms with Gasteiger partial charge in [0.1, 0.15) is 12.4 Å². The van der Waals surface area contributed by atoms with Gasteiger partial charge in [-0.2, -0.15) is 0 Å². The van der Waals surface area contributed by atoms with Gasteiger partial charge in [0.25, 0.3) is 5.91 Å². The monoisotopic (exact) mass is 305 g/mol. The number of benzene rings is 1. The number of nitrogens with zero attached hydrogens (tertiary/aromatic N) is 1. The van der Waals surface area contributed by atoms with Gasteiger partial charge >= 0.3 is 0 Å². The van der Waals surface area contributed by atoms with E-state index in [1.165, 1.54) is 4.90 Å². The lowest BCUT2D eigenvalue weighted by Gasteiger charge is -2.16. The maximum absolute atomic E-state index is 12.3. The van der Waals surface area contributed by atoms with Crippen LogP contribution in [0.15, 0.2) is 45.7 Å². The zero-order chi connectivity index (χ0) is 15.2. The van der Waals surface area contributed by atoms with Crippen molar-refractivity contribution in [1.29, 1.82) is 0 Å². The summed E-state index contributed by atoms with van der Waals surface area (Å²) in [5.41, 5.74) is 1.09. The van der Waals surface area contributed by atoms with Crippen LogP contribution in [0.3, 0.4) is 0 Å². The van der Waals surface area contributed by atoms with Crippen molar-refractivity contribution in [2.75, 3.05) is 20.4 Å². The zero-order valence-corrected chi connectivity index (χ0v) is 13.3. The van der Waals surface area contributed by atoms with Crippen molar-refractivity contribution in [2.45, 2.75) is 18.0 Å². The first kappa shape index (κ1) is 15.7. The molecule has 0 saturated heterocycles. The molecule has 21 heavy (non-hydrogen) atoms. The van der Waals surface area contributed by atoms with Crippen molar-refractivity contribution in [3.63, 3.8) is 0 Å². The SMILES string of the molecule is COCc1ccc(C(=O)N(C)Cc2ccc(SC)cc2)o1. The number of rotatable bonds is 6. The molecule has 1 aromatic heterocycles. The number of hydrogen-bond acceptors (Lipinski definition) is 4. The second kappa shape index (κ2) is 7.33. The van der Waals surface area contributed by atoms with Crippen LogP contribution in [-0.2, 0) is 17.9 Å². The molecule has 0 aliphatic heterocycles. The highest BCUT2D eigenvalue weighted by atomic mass is 32.2. The Hall–Kier alpha value is -1.72. The molecule has 2 rings (SSSR count). The first-order chi connectivity index (χ1) is 10.1. The molecule has 0 aliphatic carbocycles. The molecule has 1 heterocycles. The van der Waals surface area contributed by atoms with E-state index in [1.54, 1.807) is 43.0 Å². The molecule has 5 heteroatoms. The Morgan fingerprint density at radius 3 is 2.57 bits per heavy atom. The maximum atomic E-state index is 12.3. The minimum atomic E-state index is -0.133. The third-order valence-electron chi connectivity index (χ3n) is 3.08. The third-order valence-corrected chi connectivity index (χ3v) is 3.83. The van der Waals surface area contributed by atoms with Crippen LogP contribution in [0, 0.1) is 0 Å². The highest BCUT2D eigenvalue weighted by molar-refractivity contribution is 7.98. The second-order valence-corrected chi connectivity index (χ2v) is 5.59. The van der Waals surface area contributed by atoms with Crippen LogP contribution in [0.4, 0.5) is 0 Å². The lowest BCUT2D eigenvalue weighted by molar-refractivity contribution is 0.0745. The summed E-state index contributed by atoms with van der Waals surface area (Å²) in [7, 11) is 3.36. The van der Waals surface area contributed by atoms with E-state index in [-0.39, 0.29) is 5.91 Å². The van der Waals surface area contributed by atoms with Crippen molar-refractivity contribution in [2.24, 2.45) is 0 Å². The zero-order valence-electron chi connectivity index (χ0n) is 12.5. The molecule has 0 bridgehead atoms. The molecule has 0 saturated carbocycles. The Balaban J connectivity index is 2.00. The Labute approximate surface area is 129 Å². The molecule has 1 aromatic carbocycles. The van der Waals surface area contributed by atoms with Gasteiger partial charge in [0.2, 0.25) is 0 Å². The van der Waals surface area contributed by atoms with Crippen molar-refractivity contribution in [1.82, 2.24) is 4.90 Å². The van der Waals surface area contributed by atoms with Gasteiger partial charge in [-0.3, -0.25) is 4.79 Å². The fourth-order valence-corrected chi connectivity index (χ4v) is 2.39. The molecule has 112 valence electrons. The molecule has 4 nitrogen and oxygen atoms in total. The molecule has 0 aliphatic rings. The normalized spacial score (nSPS) is 10.6. The van der Waals surface area contributed by atoms with Crippen LogP contribution in [-0.4, -0.2) is 31.2 Å². The molecular weight excluding hydrogens is 286 g/mol. The summed E-state index contributed by atoms with van der Waals surface area (Å²) in [5.74, 6) is 0.857. The van der Waals surface area contributed by atoms with Crippen molar-refractivity contribution in [3.8, 4) is 0 Å². The van der Waals surface area contributed by atoms with E-state index in [4.69, 9.17) is 9.15 Å². The van der Waals surface area contributed by atoms with Gasteiger partial charge in [-0.25, -0.2) is 0 Å². The second-order valence-electron chi connectivity index (χ2n) is 4.71. The number of methoxy groups -OCH3 is 1. The van der Waals surface area contributed by atoms with E-state index in [9.17, 15) is 4.79 Å². The summed E-state index contributed by atoms with van der Waals surface area (Å²) in [6, 6.07) is 11.6. The van der Waals surface area contributed by atoms with E-state index in [2.05, 4.69) is 12.1 Å². The Morgan fingerprint density at radius 2 is 1.95 bits per heavy atom. The highest BCUT2D eigenvalue weighted by Gasteiger charge is 2.16. The van der Waals surface area contributed by atoms with Gasteiger partial charge in [0.05, 0.1) is 0 Å². The van der Waals surface area contributed by atoms with Crippen LogP contribution in [0.2, 0.25) is 0 Å².